The first kappa shape index (κ1) is 18.3. The summed E-state index contributed by atoms with van der Waals surface area (Å²) in [5.74, 6) is -0.927. The number of nitrogens with two attached hydrogens (primary N) is 1. The fourth-order valence-corrected chi connectivity index (χ4v) is 1.35. The molecule has 2 aromatic rings. The van der Waals surface area contributed by atoms with Crippen molar-refractivity contribution >= 4 is 11.9 Å². The van der Waals surface area contributed by atoms with Gasteiger partial charge in [-0.3, -0.25) is 4.79 Å². The summed E-state index contributed by atoms with van der Waals surface area (Å²) < 4.78 is 7.64. The first-order chi connectivity index (χ1) is 10.8. The number of primary amides is 1. The third-order valence-corrected chi connectivity index (χ3v) is 2.66. The van der Waals surface area contributed by atoms with Crippen LogP contribution in [0.3, 0.4) is 0 Å². The van der Waals surface area contributed by atoms with Gasteiger partial charge in [0.1, 0.15) is 12.7 Å². The van der Waals surface area contributed by atoms with E-state index < -0.39 is 11.9 Å². The molecule has 0 fully saturated rings. The molecule has 10 heteroatoms. The van der Waals surface area contributed by atoms with E-state index >= 15 is 0 Å². The number of aromatic nitrogens is 6. The maximum atomic E-state index is 10.9. The van der Waals surface area contributed by atoms with Crippen LogP contribution in [0.15, 0.2) is 12.7 Å². The van der Waals surface area contributed by atoms with Crippen LogP contribution in [0.1, 0.15) is 61.0 Å². The Bertz CT molecular complexity index is 660. The van der Waals surface area contributed by atoms with E-state index in [1.807, 2.05) is 27.7 Å². The number of carbonyl (C=O) groups is 2. The van der Waals surface area contributed by atoms with Gasteiger partial charge in [-0.25, -0.2) is 24.1 Å². The zero-order valence-electron chi connectivity index (χ0n) is 13.8. The van der Waals surface area contributed by atoms with Crippen molar-refractivity contribution in [2.75, 3.05) is 7.11 Å². The lowest BCUT2D eigenvalue weighted by Gasteiger charge is -2.01. The lowest BCUT2D eigenvalue weighted by atomic mass is 10.4. The molecule has 0 aromatic carbocycles. The van der Waals surface area contributed by atoms with Gasteiger partial charge < -0.3 is 10.5 Å². The Balaban J connectivity index is 0.000000231. The van der Waals surface area contributed by atoms with Gasteiger partial charge in [-0.2, -0.15) is 0 Å². The van der Waals surface area contributed by atoms with Crippen LogP contribution in [-0.2, 0) is 4.74 Å². The number of hydrogen-bond donors (Lipinski definition) is 1. The van der Waals surface area contributed by atoms with E-state index in [4.69, 9.17) is 5.73 Å². The summed E-state index contributed by atoms with van der Waals surface area (Å²) in [6.45, 7) is 7.80. The van der Waals surface area contributed by atoms with E-state index in [1.54, 1.807) is 9.36 Å². The molecule has 2 heterocycles. The summed E-state index contributed by atoms with van der Waals surface area (Å²) in [6.07, 6.45) is 3.00. The highest BCUT2D eigenvalue weighted by molar-refractivity contribution is 5.88. The van der Waals surface area contributed by atoms with Gasteiger partial charge in [0.25, 0.3) is 11.7 Å². The Morgan fingerprint density at radius 1 is 1.00 bits per heavy atom. The highest BCUT2D eigenvalue weighted by Crippen LogP contribution is 2.01. The van der Waals surface area contributed by atoms with Crippen molar-refractivity contribution in [3.8, 4) is 0 Å². The predicted octanol–water partition coefficient (Wildman–Crippen LogP) is 0.603. The lowest BCUT2D eigenvalue weighted by molar-refractivity contribution is 0.0586. The van der Waals surface area contributed by atoms with Crippen molar-refractivity contribution in [1.82, 2.24) is 29.5 Å². The fraction of sp³-hybridized carbons (Fsp3) is 0.538. The number of hydrogen-bond acceptors (Lipinski definition) is 7. The molecule has 0 aliphatic rings. The van der Waals surface area contributed by atoms with Crippen molar-refractivity contribution in [3.05, 3.63) is 24.3 Å². The van der Waals surface area contributed by atoms with Gasteiger partial charge in [-0.15, -0.1) is 10.2 Å². The van der Waals surface area contributed by atoms with Crippen LogP contribution in [0.25, 0.3) is 0 Å². The first-order valence-corrected chi connectivity index (χ1v) is 6.96. The summed E-state index contributed by atoms with van der Waals surface area (Å²) in [7, 11) is 1.30. The molecule has 0 spiro atoms. The number of nitrogens with zero attached hydrogens (tertiary/aromatic N) is 6. The minimum atomic E-state index is -0.593. The minimum Gasteiger partial charge on any atom is -0.463 e. The van der Waals surface area contributed by atoms with Crippen molar-refractivity contribution in [2.24, 2.45) is 5.73 Å². The highest BCUT2D eigenvalue weighted by Gasteiger charge is 2.11. The Kier molecular flexibility index (Phi) is 6.36. The van der Waals surface area contributed by atoms with Crippen LogP contribution in [0.5, 0.6) is 0 Å². The number of rotatable bonds is 4. The summed E-state index contributed by atoms with van der Waals surface area (Å²) in [6, 6.07) is 0.409. The number of ether oxygens (including phenoxy) is 1. The first-order valence-electron chi connectivity index (χ1n) is 6.96. The van der Waals surface area contributed by atoms with E-state index in [0.29, 0.717) is 0 Å². The molecule has 2 N–H and O–H groups in total. The minimum absolute atomic E-state index is 0.0682. The van der Waals surface area contributed by atoms with Crippen LogP contribution in [0, 0.1) is 0 Å². The standard InChI is InChI=1S/C7H11N3O2.C6H10N4O/c1-5(2)10-4-8-6(9-10)7(11)12-3;1-4(2)10-3-8-6(9-10)5(7)11/h4-5H,1-3H3;3-4H,1-2H3,(H2,7,11). The maximum absolute atomic E-state index is 10.9. The van der Waals surface area contributed by atoms with Crippen LogP contribution in [-0.4, -0.2) is 48.5 Å². The van der Waals surface area contributed by atoms with Crippen LogP contribution in [0.2, 0.25) is 0 Å². The molecule has 2 aromatic heterocycles. The monoisotopic (exact) mass is 323 g/mol. The molecule has 1 amide bonds. The molecule has 0 aliphatic heterocycles. The zero-order chi connectivity index (χ0) is 17.6. The molecule has 0 radical (unpaired) electrons. The van der Waals surface area contributed by atoms with E-state index in [0.717, 1.165) is 0 Å². The molecule has 10 nitrogen and oxygen atoms in total. The van der Waals surface area contributed by atoms with Gasteiger partial charge in [-0.05, 0) is 27.7 Å². The van der Waals surface area contributed by atoms with Gasteiger partial charge in [0, 0.05) is 12.1 Å². The summed E-state index contributed by atoms with van der Waals surface area (Å²) in [4.78, 5) is 28.9. The Morgan fingerprint density at radius 2 is 1.43 bits per heavy atom. The summed E-state index contributed by atoms with van der Waals surface area (Å²) in [5, 5.41) is 7.75. The Labute approximate surface area is 133 Å². The third-order valence-electron chi connectivity index (χ3n) is 2.66. The second-order valence-electron chi connectivity index (χ2n) is 5.14. The van der Waals surface area contributed by atoms with Crippen molar-refractivity contribution < 1.29 is 14.3 Å². The molecule has 2 rings (SSSR count). The van der Waals surface area contributed by atoms with Crippen molar-refractivity contribution in [2.45, 2.75) is 39.8 Å². The maximum Gasteiger partial charge on any atom is 0.377 e. The summed E-state index contributed by atoms with van der Waals surface area (Å²) in [5.41, 5.74) is 4.95. The highest BCUT2D eigenvalue weighted by atomic mass is 16.5. The molecule has 126 valence electrons. The van der Waals surface area contributed by atoms with Gasteiger partial charge in [0.2, 0.25) is 5.82 Å². The molecule has 0 saturated carbocycles. The topological polar surface area (TPSA) is 131 Å². The Morgan fingerprint density at radius 3 is 1.74 bits per heavy atom. The van der Waals surface area contributed by atoms with Crippen LogP contribution < -0.4 is 5.73 Å². The van der Waals surface area contributed by atoms with Gasteiger partial charge >= 0.3 is 5.97 Å². The van der Waals surface area contributed by atoms with Gasteiger partial charge in [0.05, 0.1) is 7.11 Å². The molecule has 23 heavy (non-hydrogen) atoms. The lowest BCUT2D eigenvalue weighted by Crippen LogP contribution is -2.14. The van der Waals surface area contributed by atoms with E-state index in [1.165, 1.54) is 19.8 Å². The zero-order valence-corrected chi connectivity index (χ0v) is 13.8. The molecule has 0 saturated heterocycles. The SMILES string of the molecule is CC(C)n1cnc(C(N)=O)n1.COC(=O)c1ncn(C(C)C)n1. The van der Waals surface area contributed by atoms with Crippen molar-refractivity contribution in [1.29, 1.82) is 0 Å². The smallest absolute Gasteiger partial charge is 0.377 e. The Hall–Kier alpha value is -2.78. The fourth-order valence-electron chi connectivity index (χ4n) is 1.35. The molecule has 0 aliphatic carbocycles. The number of esters is 1. The normalized spacial score (nSPS) is 10.4. The molecular formula is C13H21N7O3. The second-order valence-corrected chi connectivity index (χ2v) is 5.14. The second kappa shape index (κ2) is 8.01. The molecule has 0 atom stereocenters. The van der Waals surface area contributed by atoms with E-state index in [2.05, 4.69) is 24.9 Å². The summed E-state index contributed by atoms with van der Waals surface area (Å²) >= 11 is 0. The average Bonchev–Trinajstić information content (AvgIpc) is 3.16. The van der Waals surface area contributed by atoms with Gasteiger partial charge in [0.15, 0.2) is 0 Å². The van der Waals surface area contributed by atoms with Crippen LogP contribution >= 0.6 is 0 Å². The van der Waals surface area contributed by atoms with E-state index in [-0.39, 0.29) is 23.7 Å². The van der Waals surface area contributed by atoms with Gasteiger partial charge in [-0.1, -0.05) is 0 Å². The molecule has 0 unspecified atom stereocenters. The number of methoxy groups -OCH3 is 1. The number of amides is 1. The predicted molar refractivity (Wildman–Crippen MR) is 80.7 cm³/mol. The third kappa shape index (κ3) is 5.16. The van der Waals surface area contributed by atoms with Crippen LogP contribution in [0.4, 0.5) is 0 Å². The molecular weight excluding hydrogens is 302 g/mol. The van der Waals surface area contributed by atoms with Crippen molar-refractivity contribution in [3.63, 3.8) is 0 Å². The quantitative estimate of drug-likeness (QED) is 0.815. The largest absolute Gasteiger partial charge is 0.463 e. The number of carbonyl (C=O) groups excluding carboxylic acids is 2. The van der Waals surface area contributed by atoms with E-state index in [9.17, 15) is 9.59 Å². The average molecular weight is 323 g/mol. The molecule has 0 bridgehead atoms.